The maximum absolute atomic E-state index is 12.4. The van der Waals surface area contributed by atoms with E-state index >= 15 is 0 Å². The number of sulfonamides is 1. The van der Waals surface area contributed by atoms with E-state index in [2.05, 4.69) is 15.7 Å². The molecule has 1 aromatic rings. The normalized spacial score (nSPS) is 15.5. The van der Waals surface area contributed by atoms with Gasteiger partial charge in [0.25, 0.3) is 5.69 Å². The summed E-state index contributed by atoms with van der Waals surface area (Å²) in [7, 11) is -2.56. The number of nitrogens with one attached hydrogen (secondary N) is 1. The first kappa shape index (κ1) is 17.4. The van der Waals surface area contributed by atoms with Crippen molar-refractivity contribution in [2.24, 2.45) is 0 Å². The second-order valence-corrected chi connectivity index (χ2v) is 6.79. The monoisotopic (exact) mass is 341 g/mol. The van der Waals surface area contributed by atoms with Gasteiger partial charge in [-0.05, 0) is 12.5 Å². The van der Waals surface area contributed by atoms with Crippen LogP contribution < -0.4 is 9.46 Å². The summed E-state index contributed by atoms with van der Waals surface area (Å²) in [6, 6.07) is 3.49. The second kappa shape index (κ2) is 7.53. The summed E-state index contributed by atoms with van der Waals surface area (Å²) in [5, 5.41) is 10.8. The average molecular weight is 341 g/mol. The Morgan fingerprint density at radius 2 is 2.17 bits per heavy atom. The number of benzene rings is 1. The molecular weight excluding hydrogens is 322 g/mol. The number of hydrogen-bond donors (Lipinski definition) is 1. The number of hydrogen-bond acceptors (Lipinski definition) is 6. The third kappa shape index (κ3) is 4.50. The van der Waals surface area contributed by atoms with Crippen LogP contribution in [0.25, 0.3) is 0 Å². The zero-order valence-corrected chi connectivity index (χ0v) is 13.6. The molecule has 0 atom stereocenters. The van der Waals surface area contributed by atoms with Crippen LogP contribution in [0.5, 0.6) is 5.75 Å². The number of ether oxygens (including phenoxy) is 1. The van der Waals surface area contributed by atoms with Gasteiger partial charge in [-0.1, -0.05) is 12.2 Å². The molecular formula is C14H19N3O5S. The van der Waals surface area contributed by atoms with Gasteiger partial charge < -0.3 is 4.74 Å². The van der Waals surface area contributed by atoms with Crippen LogP contribution in [-0.2, 0) is 10.0 Å². The predicted molar refractivity (Wildman–Crippen MR) is 85.0 cm³/mol. The van der Waals surface area contributed by atoms with Gasteiger partial charge in [0.1, 0.15) is 10.6 Å². The molecule has 23 heavy (non-hydrogen) atoms. The van der Waals surface area contributed by atoms with Gasteiger partial charge in [0.15, 0.2) is 0 Å². The van der Waals surface area contributed by atoms with E-state index in [0.29, 0.717) is 6.54 Å². The van der Waals surface area contributed by atoms with Crippen molar-refractivity contribution in [3.05, 3.63) is 40.5 Å². The molecule has 0 aliphatic carbocycles. The zero-order chi connectivity index (χ0) is 16.9. The van der Waals surface area contributed by atoms with Gasteiger partial charge in [0, 0.05) is 38.3 Å². The third-order valence-electron chi connectivity index (χ3n) is 3.51. The summed E-state index contributed by atoms with van der Waals surface area (Å²) in [6.07, 6.45) is 5.08. The minimum atomic E-state index is -3.88. The molecule has 0 unspecified atom stereocenters. The van der Waals surface area contributed by atoms with Crippen LogP contribution in [0.1, 0.15) is 6.42 Å². The summed E-state index contributed by atoms with van der Waals surface area (Å²) >= 11 is 0. The molecule has 126 valence electrons. The van der Waals surface area contributed by atoms with Gasteiger partial charge in [-0.3, -0.25) is 15.0 Å². The number of non-ortho nitro benzene ring substituents is 1. The Hall–Kier alpha value is -1.97. The summed E-state index contributed by atoms with van der Waals surface area (Å²) in [6.45, 7) is 2.48. The Labute approximate surface area is 134 Å². The van der Waals surface area contributed by atoms with Crippen LogP contribution in [0.4, 0.5) is 5.69 Å². The molecule has 2 rings (SSSR count). The van der Waals surface area contributed by atoms with E-state index in [0.717, 1.165) is 25.6 Å². The van der Waals surface area contributed by atoms with Crippen molar-refractivity contribution in [1.82, 2.24) is 9.62 Å². The molecule has 0 amide bonds. The lowest BCUT2D eigenvalue weighted by Crippen LogP contribution is -2.36. The first-order valence-corrected chi connectivity index (χ1v) is 8.62. The summed E-state index contributed by atoms with van der Waals surface area (Å²) in [4.78, 5) is 12.1. The van der Waals surface area contributed by atoms with E-state index < -0.39 is 14.9 Å². The maximum Gasteiger partial charge on any atom is 0.271 e. The zero-order valence-electron chi connectivity index (χ0n) is 12.8. The van der Waals surface area contributed by atoms with E-state index in [4.69, 9.17) is 4.74 Å². The molecule has 1 N–H and O–H groups in total. The van der Waals surface area contributed by atoms with Crippen LogP contribution >= 0.6 is 0 Å². The number of nitrogens with zero attached hydrogens (tertiary/aromatic N) is 2. The molecule has 0 bridgehead atoms. The SMILES string of the molecule is COc1ccc([N+](=O)[O-])cc1S(=O)(=O)NCCN1CC=CCC1. The predicted octanol–water partition coefficient (Wildman–Crippen LogP) is 1.14. The van der Waals surface area contributed by atoms with Crippen molar-refractivity contribution in [3.63, 3.8) is 0 Å². The molecule has 1 aromatic carbocycles. The highest BCUT2D eigenvalue weighted by Crippen LogP contribution is 2.27. The highest BCUT2D eigenvalue weighted by molar-refractivity contribution is 7.89. The Morgan fingerprint density at radius 3 is 2.78 bits per heavy atom. The maximum atomic E-state index is 12.4. The molecule has 1 aliphatic heterocycles. The van der Waals surface area contributed by atoms with Crippen LogP contribution in [0, 0.1) is 10.1 Å². The molecule has 0 radical (unpaired) electrons. The van der Waals surface area contributed by atoms with Gasteiger partial charge in [0.05, 0.1) is 12.0 Å². The van der Waals surface area contributed by atoms with E-state index in [1.807, 2.05) is 6.08 Å². The fraction of sp³-hybridized carbons (Fsp3) is 0.429. The second-order valence-electron chi connectivity index (χ2n) is 5.05. The molecule has 1 aliphatic rings. The van der Waals surface area contributed by atoms with Gasteiger partial charge in [-0.25, -0.2) is 13.1 Å². The number of nitro groups is 1. The molecule has 0 spiro atoms. The third-order valence-corrected chi connectivity index (χ3v) is 4.99. The highest BCUT2D eigenvalue weighted by atomic mass is 32.2. The molecule has 0 saturated heterocycles. The van der Waals surface area contributed by atoms with Crippen molar-refractivity contribution >= 4 is 15.7 Å². The Bertz CT molecular complexity index is 702. The van der Waals surface area contributed by atoms with Crippen molar-refractivity contribution in [1.29, 1.82) is 0 Å². The summed E-state index contributed by atoms with van der Waals surface area (Å²) in [5.41, 5.74) is -0.299. The smallest absolute Gasteiger partial charge is 0.271 e. The van der Waals surface area contributed by atoms with Crippen LogP contribution in [0.15, 0.2) is 35.2 Å². The van der Waals surface area contributed by atoms with E-state index in [-0.39, 0.29) is 22.9 Å². The number of rotatable bonds is 7. The van der Waals surface area contributed by atoms with E-state index in [9.17, 15) is 18.5 Å². The van der Waals surface area contributed by atoms with Crippen LogP contribution in [0.2, 0.25) is 0 Å². The van der Waals surface area contributed by atoms with E-state index in [1.54, 1.807) is 0 Å². The van der Waals surface area contributed by atoms with Gasteiger partial charge in [-0.2, -0.15) is 0 Å². The van der Waals surface area contributed by atoms with Gasteiger partial charge in [-0.15, -0.1) is 0 Å². The first-order chi connectivity index (χ1) is 10.9. The lowest BCUT2D eigenvalue weighted by Gasteiger charge is -2.22. The Balaban J connectivity index is 2.10. The van der Waals surface area contributed by atoms with Crippen LogP contribution in [-0.4, -0.2) is 51.5 Å². The summed E-state index contributed by atoms with van der Waals surface area (Å²) in [5.74, 6) is 0.0732. The van der Waals surface area contributed by atoms with Crippen LogP contribution in [0.3, 0.4) is 0 Å². The minimum absolute atomic E-state index is 0.0732. The molecule has 8 nitrogen and oxygen atoms in total. The lowest BCUT2D eigenvalue weighted by molar-refractivity contribution is -0.385. The standard InChI is InChI=1S/C14H19N3O5S/c1-22-13-6-5-12(17(18)19)11-14(13)23(20,21)15-7-10-16-8-3-2-4-9-16/h2-3,5-6,11,15H,4,7-10H2,1H3. The van der Waals surface area contributed by atoms with Gasteiger partial charge in [0.2, 0.25) is 10.0 Å². The quantitative estimate of drug-likeness (QED) is 0.453. The number of nitro benzene ring substituents is 1. The first-order valence-electron chi connectivity index (χ1n) is 7.13. The molecule has 0 aromatic heterocycles. The minimum Gasteiger partial charge on any atom is -0.495 e. The van der Waals surface area contributed by atoms with Gasteiger partial charge >= 0.3 is 0 Å². The number of methoxy groups -OCH3 is 1. The highest BCUT2D eigenvalue weighted by Gasteiger charge is 2.23. The van der Waals surface area contributed by atoms with Crippen molar-refractivity contribution in [2.75, 3.05) is 33.3 Å². The molecule has 0 saturated carbocycles. The van der Waals surface area contributed by atoms with Crippen molar-refractivity contribution in [3.8, 4) is 5.75 Å². The Kier molecular flexibility index (Phi) is 5.69. The van der Waals surface area contributed by atoms with E-state index in [1.165, 1.54) is 19.2 Å². The molecule has 9 heteroatoms. The fourth-order valence-electron chi connectivity index (χ4n) is 2.30. The average Bonchev–Trinajstić information content (AvgIpc) is 2.55. The van der Waals surface area contributed by atoms with Crippen molar-refractivity contribution in [2.45, 2.75) is 11.3 Å². The lowest BCUT2D eigenvalue weighted by atomic mass is 10.2. The molecule has 0 fully saturated rings. The van der Waals surface area contributed by atoms with Crippen molar-refractivity contribution < 1.29 is 18.1 Å². The molecule has 1 heterocycles. The summed E-state index contributed by atoms with van der Waals surface area (Å²) < 4.78 is 32.2. The topological polar surface area (TPSA) is 102 Å². The largest absolute Gasteiger partial charge is 0.495 e. The Morgan fingerprint density at radius 1 is 1.39 bits per heavy atom. The fourth-order valence-corrected chi connectivity index (χ4v) is 3.51.